The molecule has 0 aliphatic carbocycles. The largest absolute Gasteiger partial charge is 0.427 e. The summed E-state index contributed by atoms with van der Waals surface area (Å²) < 4.78 is 0.889. The molecule has 0 aliphatic rings. The van der Waals surface area contributed by atoms with E-state index < -0.39 is 0 Å². The fourth-order valence-corrected chi connectivity index (χ4v) is 0.786. The van der Waals surface area contributed by atoms with Crippen LogP contribution >= 0.6 is 0 Å². The molecule has 0 amide bonds. The van der Waals surface area contributed by atoms with Crippen LogP contribution in [-0.4, -0.2) is 14.9 Å². The third-order valence-corrected chi connectivity index (χ3v) is 1.43. The van der Waals surface area contributed by atoms with E-state index in [1.165, 1.54) is 24.3 Å². The molecule has 1 heterocycles. The van der Waals surface area contributed by atoms with Gasteiger partial charge in [0.25, 0.3) is 0 Å². The molecule has 2 aromatic rings. The zero-order valence-corrected chi connectivity index (χ0v) is 7.46. The maximum absolute atomic E-state index is 8.33. The minimum Gasteiger partial charge on any atom is -0.427 e. The van der Waals surface area contributed by atoms with Crippen LogP contribution in [0.5, 0.6) is 0 Å². The van der Waals surface area contributed by atoms with Gasteiger partial charge in [-0.05, 0) is 6.92 Å². The SMILES string of the molecule is Cc1ccccc1.On1ccnc1. The number of benzene rings is 1. The van der Waals surface area contributed by atoms with Crippen LogP contribution in [0.1, 0.15) is 5.56 Å². The number of hydrogen-bond donors (Lipinski definition) is 1. The number of hydrogen-bond acceptors (Lipinski definition) is 2. The van der Waals surface area contributed by atoms with E-state index in [0.717, 1.165) is 4.73 Å². The fourth-order valence-electron chi connectivity index (χ4n) is 0.786. The maximum atomic E-state index is 8.33. The van der Waals surface area contributed by atoms with Gasteiger partial charge in [-0.2, -0.15) is 4.73 Å². The van der Waals surface area contributed by atoms with Gasteiger partial charge in [0.2, 0.25) is 0 Å². The normalized spacial score (nSPS) is 8.69. The molecule has 0 spiro atoms. The Balaban J connectivity index is 0.000000132. The van der Waals surface area contributed by atoms with Crippen molar-refractivity contribution >= 4 is 0 Å². The molecule has 0 unspecified atom stereocenters. The molecule has 0 bridgehead atoms. The first kappa shape index (κ1) is 9.32. The van der Waals surface area contributed by atoms with Crippen molar-refractivity contribution in [3.63, 3.8) is 0 Å². The van der Waals surface area contributed by atoms with Gasteiger partial charge in [0, 0.05) is 6.20 Å². The standard InChI is InChI=1S/C7H8.C3H4N2O/c1-7-5-3-2-4-6-7;6-5-2-1-4-3-5/h2-6H,1H3;1-3,6H. The average molecular weight is 176 g/mol. The Hall–Kier alpha value is -1.77. The molecule has 1 aromatic carbocycles. The molecule has 0 atom stereocenters. The smallest absolute Gasteiger partial charge is 0.131 e. The molecule has 3 nitrogen and oxygen atoms in total. The number of imidazole rings is 1. The van der Waals surface area contributed by atoms with Gasteiger partial charge in [0.1, 0.15) is 6.33 Å². The molecular formula is C10H12N2O. The van der Waals surface area contributed by atoms with Gasteiger partial charge in [-0.3, -0.25) is 0 Å². The van der Waals surface area contributed by atoms with Crippen molar-refractivity contribution in [3.05, 3.63) is 54.6 Å². The third-order valence-electron chi connectivity index (χ3n) is 1.43. The predicted molar refractivity (Wildman–Crippen MR) is 50.6 cm³/mol. The van der Waals surface area contributed by atoms with Crippen LogP contribution in [0.4, 0.5) is 0 Å². The number of nitrogens with zero attached hydrogens (tertiary/aromatic N) is 2. The molecule has 3 heteroatoms. The predicted octanol–water partition coefficient (Wildman–Crippen LogP) is 2.12. The summed E-state index contributed by atoms with van der Waals surface area (Å²) >= 11 is 0. The van der Waals surface area contributed by atoms with Gasteiger partial charge in [-0.15, -0.1) is 0 Å². The molecule has 13 heavy (non-hydrogen) atoms. The van der Waals surface area contributed by atoms with E-state index in [9.17, 15) is 0 Å². The second-order valence-electron chi connectivity index (χ2n) is 2.60. The molecule has 0 saturated carbocycles. The molecule has 0 fully saturated rings. The van der Waals surface area contributed by atoms with E-state index in [1.807, 2.05) is 18.2 Å². The van der Waals surface area contributed by atoms with E-state index in [-0.39, 0.29) is 0 Å². The van der Waals surface area contributed by atoms with Crippen molar-refractivity contribution < 1.29 is 5.21 Å². The Kier molecular flexibility index (Phi) is 3.57. The quantitative estimate of drug-likeness (QED) is 0.624. The molecule has 1 N–H and O–H groups in total. The third kappa shape index (κ3) is 3.96. The van der Waals surface area contributed by atoms with Gasteiger partial charge < -0.3 is 5.21 Å². The van der Waals surface area contributed by atoms with Crippen molar-refractivity contribution in [1.82, 2.24) is 9.71 Å². The van der Waals surface area contributed by atoms with Gasteiger partial charge in [-0.1, -0.05) is 35.9 Å². The minimum atomic E-state index is 0.889. The molecular weight excluding hydrogens is 164 g/mol. The average Bonchev–Trinajstić information content (AvgIpc) is 2.58. The summed E-state index contributed by atoms with van der Waals surface area (Å²) in [6, 6.07) is 10.3. The topological polar surface area (TPSA) is 38.0 Å². The Bertz CT molecular complexity index is 316. The van der Waals surface area contributed by atoms with Gasteiger partial charge >= 0.3 is 0 Å². The first-order valence-corrected chi connectivity index (χ1v) is 3.98. The first-order valence-electron chi connectivity index (χ1n) is 3.98. The van der Waals surface area contributed by atoms with E-state index >= 15 is 0 Å². The lowest BCUT2D eigenvalue weighted by atomic mass is 10.2. The summed E-state index contributed by atoms with van der Waals surface area (Å²) in [5, 5.41) is 8.33. The van der Waals surface area contributed by atoms with Crippen molar-refractivity contribution in [2.24, 2.45) is 0 Å². The lowest BCUT2D eigenvalue weighted by molar-refractivity contribution is 0.186. The lowest BCUT2D eigenvalue weighted by Gasteiger charge is -1.82. The fraction of sp³-hybridized carbons (Fsp3) is 0.100. The number of rotatable bonds is 0. The number of aryl methyl sites for hydroxylation is 1. The van der Waals surface area contributed by atoms with E-state index in [2.05, 4.69) is 24.0 Å². The summed E-state index contributed by atoms with van der Waals surface area (Å²) in [4.78, 5) is 3.53. The Morgan fingerprint density at radius 1 is 1.23 bits per heavy atom. The van der Waals surface area contributed by atoms with E-state index in [1.54, 1.807) is 0 Å². The van der Waals surface area contributed by atoms with E-state index in [4.69, 9.17) is 5.21 Å². The molecule has 0 saturated heterocycles. The van der Waals surface area contributed by atoms with Crippen LogP contribution in [0.3, 0.4) is 0 Å². The van der Waals surface area contributed by atoms with Crippen molar-refractivity contribution in [1.29, 1.82) is 0 Å². The van der Waals surface area contributed by atoms with Gasteiger partial charge in [0.15, 0.2) is 0 Å². The summed E-state index contributed by atoms with van der Waals surface area (Å²) in [6.07, 6.45) is 4.25. The second-order valence-corrected chi connectivity index (χ2v) is 2.60. The van der Waals surface area contributed by atoms with Crippen LogP contribution in [0.25, 0.3) is 0 Å². The van der Waals surface area contributed by atoms with Crippen LogP contribution in [0.15, 0.2) is 49.1 Å². The van der Waals surface area contributed by atoms with Crippen LogP contribution < -0.4 is 0 Å². The molecule has 1 aromatic heterocycles. The van der Waals surface area contributed by atoms with Crippen molar-refractivity contribution in [2.75, 3.05) is 0 Å². The Labute approximate surface area is 77.2 Å². The summed E-state index contributed by atoms with van der Waals surface area (Å²) in [5.41, 5.74) is 1.32. The Morgan fingerprint density at radius 3 is 2.15 bits per heavy atom. The summed E-state index contributed by atoms with van der Waals surface area (Å²) in [5.74, 6) is 0. The van der Waals surface area contributed by atoms with Crippen LogP contribution in [0.2, 0.25) is 0 Å². The zero-order chi connectivity index (χ0) is 9.52. The van der Waals surface area contributed by atoms with Crippen molar-refractivity contribution in [2.45, 2.75) is 6.92 Å². The zero-order valence-electron chi connectivity index (χ0n) is 7.46. The summed E-state index contributed by atoms with van der Waals surface area (Å²) in [7, 11) is 0. The van der Waals surface area contributed by atoms with Crippen LogP contribution in [-0.2, 0) is 0 Å². The number of aromatic nitrogens is 2. The van der Waals surface area contributed by atoms with Crippen LogP contribution in [0, 0.1) is 6.92 Å². The highest BCUT2D eigenvalue weighted by molar-refractivity contribution is 5.11. The second kappa shape index (κ2) is 4.98. The van der Waals surface area contributed by atoms with Crippen molar-refractivity contribution in [3.8, 4) is 0 Å². The highest BCUT2D eigenvalue weighted by Crippen LogP contribution is 1.92. The summed E-state index contributed by atoms with van der Waals surface area (Å²) in [6.45, 7) is 2.08. The first-order chi connectivity index (χ1) is 6.29. The Morgan fingerprint density at radius 2 is 1.92 bits per heavy atom. The molecule has 0 aliphatic heterocycles. The molecule has 2 rings (SSSR count). The van der Waals surface area contributed by atoms with Gasteiger partial charge in [-0.25, -0.2) is 4.98 Å². The molecule has 68 valence electrons. The minimum absolute atomic E-state index is 0.889. The van der Waals surface area contributed by atoms with E-state index in [0.29, 0.717) is 0 Å². The molecule has 0 radical (unpaired) electrons. The maximum Gasteiger partial charge on any atom is 0.131 e. The monoisotopic (exact) mass is 176 g/mol. The lowest BCUT2D eigenvalue weighted by Crippen LogP contribution is -1.79. The highest BCUT2D eigenvalue weighted by atomic mass is 16.5. The highest BCUT2D eigenvalue weighted by Gasteiger charge is 1.72. The van der Waals surface area contributed by atoms with Gasteiger partial charge in [0.05, 0.1) is 6.20 Å².